The van der Waals surface area contributed by atoms with Gasteiger partial charge in [0, 0.05) is 34.1 Å². The molecule has 0 aliphatic rings. The maximum absolute atomic E-state index is 12.0. The summed E-state index contributed by atoms with van der Waals surface area (Å²) in [6.45, 7) is 0.244. The molecule has 35 heavy (non-hydrogen) atoms. The summed E-state index contributed by atoms with van der Waals surface area (Å²) in [5.41, 5.74) is 4.48. The van der Waals surface area contributed by atoms with E-state index in [9.17, 15) is 9.59 Å². The van der Waals surface area contributed by atoms with Gasteiger partial charge in [0.25, 0.3) is 0 Å². The van der Waals surface area contributed by atoms with Crippen LogP contribution in [0.25, 0.3) is 0 Å². The van der Waals surface area contributed by atoms with Gasteiger partial charge in [0.2, 0.25) is 11.8 Å². The highest BCUT2D eigenvalue weighted by atomic mass is 35.5. The van der Waals surface area contributed by atoms with Gasteiger partial charge in [0.15, 0.2) is 0 Å². The Bertz CT molecular complexity index is 1200. The van der Waals surface area contributed by atoms with Crippen LogP contribution in [0.15, 0.2) is 65.8 Å². The van der Waals surface area contributed by atoms with Gasteiger partial charge in [-0.3, -0.25) is 9.59 Å². The smallest absolute Gasteiger partial charge is 0.240 e. The van der Waals surface area contributed by atoms with Crippen molar-refractivity contribution < 1.29 is 14.3 Å². The van der Waals surface area contributed by atoms with Crippen molar-refractivity contribution in [3.63, 3.8) is 0 Å². The first kappa shape index (κ1) is 26.8. The second kappa shape index (κ2) is 13.4. The fourth-order valence-electron chi connectivity index (χ4n) is 2.92. The van der Waals surface area contributed by atoms with E-state index in [4.69, 9.17) is 51.1 Å². The standard InChI is InChI=1S/C25H21Cl4N3O3/c26-20-3-1-4-21(27)19(20)15-35-18-10-7-16(8-11-18)14-30-32-25(34)6-2-5-24(33)31-17-9-12-22(28)23(29)13-17/h1,3-4,7-14H,2,5-6,15H2,(H,31,33)(H,32,34)/b30-14-. The highest BCUT2D eigenvalue weighted by molar-refractivity contribution is 6.42. The molecule has 0 unspecified atom stereocenters. The van der Waals surface area contributed by atoms with Crippen LogP contribution in [0.5, 0.6) is 5.75 Å². The fraction of sp³-hybridized carbons (Fsp3) is 0.160. The third-order valence-electron chi connectivity index (χ3n) is 4.74. The zero-order valence-corrected chi connectivity index (χ0v) is 21.4. The van der Waals surface area contributed by atoms with E-state index in [2.05, 4.69) is 15.8 Å². The molecule has 2 amide bonds. The zero-order chi connectivity index (χ0) is 25.2. The molecule has 3 aromatic carbocycles. The summed E-state index contributed by atoms with van der Waals surface area (Å²) in [7, 11) is 0. The minimum absolute atomic E-state index is 0.156. The van der Waals surface area contributed by atoms with Crippen molar-refractivity contribution in [2.75, 3.05) is 5.32 Å². The Hall–Kier alpha value is -2.77. The predicted octanol–water partition coefficient (Wildman–Crippen LogP) is 7.14. The monoisotopic (exact) mass is 551 g/mol. The Morgan fingerprint density at radius 2 is 1.51 bits per heavy atom. The maximum atomic E-state index is 12.0. The van der Waals surface area contributed by atoms with Crippen LogP contribution in [0.2, 0.25) is 20.1 Å². The summed E-state index contributed by atoms with van der Waals surface area (Å²) < 4.78 is 5.74. The molecule has 0 aromatic heterocycles. The van der Waals surface area contributed by atoms with Crippen LogP contribution < -0.4 is 15.5 Å². The molecule has 0 aliphatic heterocycles. The maximum Gasteiger partial charge on any atom is 0.240 e. The number of rotatable bonds is 10. The first-order valence-electron chi connectivity index (χ1n) is 10.5. The zero-order valence-electron chi connectivity index (χ0n) is 18.4. The van der Waals surface area contributed by atoms with E-state index < -0.39 is 0 Å². The van der Waals surface area contributed by atoms with E-state index in [1.54, 1.807) is 60.7 Å². The minimum atomic E-state index is -0.292. The van der Waals surface area contributed by atoms with Gasteiger partial charge in [-0.2, -0.15) is 5.10 Å². The molecule has 0 saturated carbocycles. The number of nitrogens with one attached hydrogen (secondary N) is 2. The van der Waals surface area contributed by atoms with Crippen molar-refractivity contribution in [1.29, 1.82) is 0 Å². The van der Waals surface area contributed by atoms with Crippen LogP contribution in [0.3, 0.4) is 0 Å². The van der Waals surface area contributed by atoms with Crippen LogP contribution >= 0.6 is 46.4 Å². The Kier molecular flexibility index (Phi) is 10.2. The van der Waals surface area contributed by atoms with Gasteiger partial charge in [-0.05, 0) is 66.6 Å². The number of amides is 2. The number of carbonyl (C=O) groups excluding carboxylic acids is 2. The van der Waals surface area contributed by atoms with E-state index in [0.717, 1.165) is 11.1 Å². The lowest BCUT2D eigenvalue weighted by molar-refractivity contribution is -0.121. The van der Waals surface area contributed by atoms with Gasteiger partial charge in [-0.15, -0.1) is 0 Å². The topological polar surface area (TPSA) is 79.8 Å². The quantitative estimate of drug-likeness (QED) is 0.207. The molecule has 0 radical (unpaired) electrons. The van der Waals surface area contributed by atoms with Crippen LogP contribution in [0, 0.1) is 0 Å². The Labute approximate surface area is 223 Å². The average Bonchev–Trinajstić information content (AvgIpc) is 2.82. The molecule has 6 nitrogen and oxygen atoms in total. The van der Waals surface area contributed by atoms with Crippen molar-refractivity contribution in [2.24, 2.45) is 5.10 Å². The number of carbonyl (C=O) groups is 2. The van der Waals surface area contributed by atoms with Crippen LogP contribution in [-0.4, -0.2) is 18.0 Å². The molecule has 182 valence electrons. The third kappa shape index (κ3) is 8.75. The highest BCUT2D eigenvalue weighted by Crippen LogP contribution is 2.26. The van der Waals surface area contributed by atoms with E-state index in [-0.39, 0.29) is 31.3 Å². The van der Waals surface area contributed by atoms with Gasteiger partial charge in [-0.25, -0.2) is 5.43 Å². The van der Waals surface area contributed by atoms with Crippen molar-refractivity contribution in [2.45, 2.75) is 25.9 Å². The molecular formula is C25H21Cl4N3O3. The van der Waals surface area contributed by atoms with Crippen molar-refractivity contribution in [1.82, 2.24) is 5.43 Å². The SMILES string of the molecule is O=C(CCCC(=O)Nc1ccc(Cl)c(Cl)c1)N/N=C\c1ccc(OCc2c(Cl)cccc2Cl)cc1. The average molecular weight is 553 g/mol. The fourth-order valence-corrected chi connectivity index (χ4v) is 3.72. The van der Waals surface area contributed by atoms with Crippen LogP contribution in [0.4, 0.5) is 5.69 Å². The Morgan fingerprint density at radius 1 is 0.829 bits per heavy atom. The first-order chi connectivity index (χ1) is 16.8. The van der Waals surface area contributed by atoms with Gasteiger partial charge in [0.1, 0.15) is 12.4 Å². The van der Waals surface area contributed by atoms with Gasteiger partial charge in [-0.1, -0.05) is 52.5 Å². The van der Waals surface area contributed by atoms with Gasteiger partial charge < -0.3 is 10.1 Å². The predicted molar refractivity (Wildman–Crippen MR) is 142 cm³/mol. The number of hydrogen-bond donors (Lipinski definition) is 2. The summed E-state index contributed by atoms with van der Waals surface area (Å²) in [6, 6.07) is 17.3. The first-order valence-corrected chi connectivity index (χ1v) is 12.1. The number of hydrogen-bond acceptors (Lipinski definition) is 4. The molecule has 0 aliphatic carbocycles. The van der Waals surface area contributed by atoms with Crippen molar-refractivity contribution in [3.8, 4) is 5.75 Å². The summed E-state index contributed by atoms with van der Waals surface area (Å²) in [5, 5.41) is 8.50. The molecule has 2 N–H and O–H groups in total. The summed E-state index contributed by atoms with van der Waals surface area (Å²) in [6.07, 6.45) is 2.22. The summed E-state index contributed by atoms with van der Waals surface area (Å²) >= 11 is 24.1. The molecule has 0 spiro atoms. The minimum Gasteiger partial charge on any atom is -0.489 e. The number of hydrazone groups is 1. The molecule has 0 fully saturated rings. The largest absolute Gasteiger partial charge is 0.489 e. The Balaban J connectivity index is 1.36. The number of halogens is 4. The van der Waals surface area contributed by atoms with Crippen LogP contribution in [0.1, 0.15) is 30.4 Å². The van der Waals surface area contributed by atoms with Crippen molar-refractivity contribution >= 4 is 70.1 Å². The second-order valence-electron chi connectivity index (χ2n) is 7.38. The van der Waals surface area contributed by atoms with E-state index >= 15 is 0 Å². The molecular weight excluding hydrogens is 532 g/mol. The normalized spacial score (nSPS) is 10.9. The highest BCUT2D eigenvalue weighted by Gasteiger charge is 2.08. The number of nitrogens with zero attached hydrogens (tertiary/aromatic N) is 1. The summed E-state index contributed by atoms with van der Waals surface area (Å²) in [5.74, 6) is 0.125. The summed E-state index contributed by atoms with van der Waals surface area (Å²) in [4.78, 5) is 24.0. The molecule has 0 atom stereocenters. The van der Waals surface area contributed by atoms with E-state index in [1.165, 1.54) is 6.21 Å². The van der Waals surface area contributed by atoms with E-state index in [1.807, 2.05) is 0 Å². The third-order valence-corrected chi connectivity index (χ3v) is 6.19. The number of anilines is 1. The molecule has 0 bridgehead atoms. The molecule has 10 heteroatoms. The number of benzene rings is 3. The molecule has 0 saturated heterocycles. The second-order valence-corrected chi connectivity index (χ2v) is 9.01. The van der Waals surface area contributed by atoms with Gasteiger partial charge >= 0.3 is 0 Å². The molecule has 3 rings (SSSR count). The van der Waals surface area contributed by atoms with E-state index in [0.29, 0.717) is 37.9 Å². The van der Waals surface area contributed by atoms with Gasteiger partial charge in [0.05, 0.1) is 16.3 Å². The van der Waals surface area contributed by atoms with Crippen molar-refractivity contribution in [3.05, 3.63) is 91.9 Å². The molecule has 3 aromatic rings. The molecule has 0 heterocycles. The lowest BCUT2D eigenvalue weighted by Gasteiger charge is -2.09. The number of ether oxygens (including phenoxy) is 1. The lowest BCUT2D eigenvalue weighted by atomic mass is 10.2. The lowest BCUT2D eigenvalue weighted by Crippen LogP contribution is -2.18. The van der Waals surface area contributed by atoms with Crippen LogP contribution in [-0.2, 0) is 16.2 Å². The Morgan fingerprint density at radius 3 is 2.20 bits per heavy atom.